The van der Waals surface area contributed by atoms with Gasteiger partial charge in [0, 0.05) is 60.1 Å². The first kappa shape index (κ1) is 22.1. The minimum absolute atomic E-state index is 0.266. The Morgan fingerprint density at radius 1 is 1.12 bits per heavy atom. The van der Waals surface area contributed by atoms with Crippen molar-refractivity contribution in [3.8, 4) is 17.0 Å². The van der Waals surface area contributed by atoms with E-state index in [0.29, 0.717) is 13.1 Å². The van der Waals surface area contributed by atoms with Crippen LogP contribution in [0.5, 0.6) is 5.75 Å². The highest BCUT2D eigenvalue weighted by Crippen LogP contribution is 2.36. The molecule has 0 bridgehead atoms. The third-order valence-electron chi connectivity index (χ3n) is 6.23. The van der Waals surface area contributed by atoms with Crippen molar-refractivity contribution >= 4 is 33.6 Å². The highest BCUT2D eigenvalue weighted by atomic mass is 16.6. The van der Waals surface area contributed by atoms with Crippen molar-refractivity contribution in [2.75, 3.05) is 20.2 Å². The largest absolute Gasteiger partial charge is 0.497 e. The van der Waals surface area contributed by atoms with E-state index in [1.54, 1.807) is 12.0 Å². The van der Waals surface area contributed by atoms with Crippen molar-refractivity contribution in [1.29, 1.82) is 0 Å². The number of aryl methyl sites for hydroxylation is 1. The van der Waals surface area contributed by atoms with Gasteiger partial charge in [0.25, 0.3) is 0 Å². The number of benzene rings is 1. The molecule has 4 aromatic rings. The number of carbonyl (C=O) groups is 1. The first-order valence-corrected chi connectivity index (χ1v) is 11.5. The number of H-pyrrole nitrogens is 1. The number of pyridine rings is 1. The molecule has 0 atom stereocenters. The van der Waals surface area contributed by atoms with Gasteiger partial charge in [-0.25, -0.2) is 9.78 Å². The molecule has 1 N–H and O–H groups in total. The lowest BCUT2D eigenvalue weighted by molar-refractivity contribution is 0.0270. The number of hydrogen-bond donors (Lipinski definition) is 1. The van der Waals surface area contributed by atoms with Crippen LogP contribution < -0.4 is 4.74 Å². The number of rotatable bonds is 3. The quantitative estimate of drug-likeness (QED) is 0.424. The molecule has 0 unspecified atom stereocenters. The van der Waals surface area contributed by atoms with E-state index in [-0.39, 0.29) is 6.09 Å². The van der Waals surface area contributed by atoms with Crippen molar-refractivity contribution in [3.05, 3.63) is 54.4 Å². The summed E-state index contributed by atoms with van der Waals surface area (Å²) in [6, 6.07) is 10.4. The lowest BCUT2D eigenvalue weighted by atomic mass is 9.97. The van der Waals surface area contributed by atoms with Crippen LogP contribution in [0, 0.1) is 0 Å². The average Bonchev–Trinajstić information content (AvgIpc) is 3.38. The number of methoxy groups -OCH3 is 1. The Labute approximate surface area is 199 Å². The highest BCUT2D eigenvalue weighted by Gasteiger charge is 2.24. The van der Waals surface area contributed by atoms with Gasteiger partial charge in [-0.15, -0.1) is 0 Å². The Hall–Kier alpha value is -3.74. The zero-order valence-corrected chi connectivity index (χ0v) is 20.3. The second-order valence-electron chi connectivity index (χ2n) is 9.75. The molecular formula is C27H30N4O3. The number of amides is 1. The third-order valence-corrected chi connectivity index (χ3v) is 6.23. The van der Waals surface area contributed by atoms with Crippen LogP contribution in [0.25, 0.3) is 38.8 Å². The monoisotopic (exact) mass is 458 g/mol. The maximum atomic E-state index is 12.4. The molecule has 1 aliphatic rings. The average molecular weight is 459 g/mol. The third kappa shape index (κ3) is 4.02. The van der Waals surface area contributed by atoms with E-state index in [0.717, 1.165) is 50.9 Å². The lowest BCUT2D eigenvalue weighted by Gasteiger charge is -2.29. The van der Waals surface area contributed by atoms with Gasteiger partial charge in [-0.2, -0.15) is 0 Å². The summed E-state index contributed by atoms with van der Waals surface area (Å²) in [5.74, 6) is 0.830. The van der Waals surface area contributed by atoms with Crippen molar-refractivity contribution in [1.82, 2.24) is 19.4 Å². The number of fused-ring (bicyclic) bond motifs is 2. The zero-order chi connectivity index (χ0) is 24.0. The molecule has 176 valence electrons. The van der Waals surface area contributed by atoms with Crippen LogP contribution in [0.2, 0.25) is 0 Å². The van der Waals surface area contributed by atoms with Gasteiger partial charge in [0.2, 0.25) is 0 Å². The molecule has 0 saturated heterocycles. The standard InChI is InChI=1S/C27H30N4O3/c1-27(2,3)34-26(32)31-12-9-17(10-13-31)19-8-11-28-25-21(19)15-23(29-25)22-16-30(4)24-7-6-18(33-5)14-20(22)24/h6-9,11,14-16H,10,12-13H2,1-5H3,(H,28,29). The summed E-state index contributed by atoms with van der Waals surface area (Å²) in [5, 5.41) is 2.20. The van der Waals surface area contributed by atoms with Gasteiger partial charge in [-0.05, 0) is 68.7 Å². The van der Waals surface area contributed by atoms with Crippen molar-refractivity contribution in [3.63, 3.8) is 0 Å². The molecule has 0 saturated carbocycles. The van der Waals surface area contributed by atoms with Gasteiger partial charge in [0.1, 0.15) is 17.0 Å². The molecule has 7 nitrogen and oxygen atoms in total. The van der Waals surface area contributed by atoms with Crippen LogP contribution in [-0.2, 0) is 11.8 Å². The van der Waals surface area contributed by atoms with Gasteiger partial charge in [0.15, 0.2) is 0 Å². The number of aromatic amines is 1. The van der Waals surface area contributed by atoms with Crippen molar-refractivity contribution in [2.24, 2.45) is 7.05 Å². The number of ether oxygens (including phenoxy) is 2. The maximum Gasteiger partial charge on any atom is 0.410 e. The van der Waals surface area contributed by atoms with Gasteiger partial charge >= 0.3 is 6.09 Å². The van der Waals surface area contributed by atoms with Crippen molar-refractivity contribution < 1.29 is 14.3 Å². The molecule has 4 heterocycles. The van der Waals surface area contributed by atoms with Crippen molar-refractivity contribution in [2.45, 2.75) is 32.8 Å². The summed E-state index contributed by atoms with van der Waals surface area (Å²) in [7, 11) is 3.73. The molecule has 7 heteroatoms. The molecule has 1 aromatic carbocycles. The summed E-state index contributed by atoms with van der Waals surface area (Å²) < 4.78 is 13.1. The SMILES string of the molecule is COc1ccc2c(c1)c(-c1cc3c(C4=CCN(C(=O)OC(C)(C)C)CC4)ccnc3[nH]1)cn2C. The van der Waals surface area contributed by atoms with Crippen LogP contribution in [0.1, 0.15) is 32.8 Å². The molecular weight excluding hydrogens is 428 g/mol. The van der Waals surface area contributed by atoms with Crippen LogP contribution in [0.3, 0.4) is 0 Å². The topological polar surface area (TPSA) is 72.4 Å². The Kier molecular flexibility index (Phi) is 5.35. The van der Waals surface area contributed by atoms with Gasteiger partial charge in [-0.3, -0.25) is 0 Å². The minimum atomic E-state index is -0.495. The van der Waals surface area contributed by atoms with E-state index in [9.17, 15) is 4.79 Å². The fourth-order valence-corrected chi connectivity index (χ4v) is 4.57. The van der Waals surface area contributed by atoms with Crippen LogP contribution in [-0.4, -0.2) is 51.3 Å². The second-order valence-corrected chi connectivity index (χ2v) is 9.75. The molecule has 5 rings (SSSR count). The van der Waals surface area contributed by atoms with Crippen LogP contribution >= 0.6 is 0 Å². The van der Waals surface area contributed by atoms with E-state index in [2.05, 4.69) is 51.1 Å². The number of carbonyl (C=O) groups excluding carboxylic acids is 1. The summed E-state index contributed by atoms with van der Waals surface area (Å²) >= 11 is 0. The van der Waals surface area contributed by atoms with E-state index in [1.165, 1.54) is 5.57 Å². The Bertz CT molecular complexity index is 1420. The van der Waals surface area contributed by atoms with Gasteiger partial charge in [0.05, 0.1) is 7.11 Å². The summed E-state index contributed by atoms with van der Waals surface area (Å²) in [5.41, 5.74) is 5.98. The molecule has 1 aliphatic heterocycles. The predicted octanol–water partition coefficient (Wildman–Crippen LogP) is 5.75. The fourth-order valence-electron chi connectivity index (χ4n) is 4.57. The first-order valence-electron chi connectivity index (χ1n) is 11.5. The number of hydrogen-bond acceptors (Lipinski definition) is 4. The predicted molar refractivity (Wildman–Crippen MR) is 135 cm³/mol. The summed E-state index contributed by atoms with van der Waals surface area (Å²) in [6.45, 7) is 6.83. The molecule has 0 spiro atoms. The van der Waals surface area contributed by atoms with E-state index in [1.807, 2.05) is 40.1 Å². The molecule has 3 aromatic heterocycles. The number of nitrogens with zero attached hydrogens (tertiary/aromatic N) is 3. The van der Waals surface area contributed by atoms with Crippen LogP contribution in [0.4, 0.5) is 4.79 Å². The smallest absolute Gasteiger partial charge is 0.410 e. The second kappa shape index (κ2) is 8.24. The van der Waals surface area contributed by atoms with E-state index < -0.39 is 5.60 Å². The molecule has 34 heavy (non-hydrogen) atoms. The van der Waals surface area contributed by atoms with Crippen LogP contribution in [0.15, 0.2) is 48.8 Å². The first-order chi connectivity index (χ1) is 16.2. The summed E-state index contributed by atoms with van der Waals surface area (Å²) in [6.07, 6.45) is 6.60. The van der Waals surface area contributed by atoms with E-state index in [4.69, 9.17) is 9.47 Å². The normalized spacial score (nSPS) is 14.5. The fraction of sp³-hybridized carbons (Fsp3) is 0.333. The number of nitrogens with one attached hydrogen (secondary N) is 1. The van der Waals surface area contributed by atoms with Gasteiger partial charge < -0.3 is 23.9 Å². The van der Waals surface area contributed by atoms with Gasteiger partial charge in [-0.1, -0.05) is 6.08 Å². The highest BCUT2D eigenvalue weighted by molar-refractivity contribution is 6.00. The minimum Gasteiger partial charge on any atom is -0.497 e. The molecule has 0 aliphatic carbocycles. The molecule has 0 radical (unpaired) electrons. The maximum absolute atomic E-state index is 12.4. The molecule has 0 fully saturated rings. The Morgan fingerprint density at radius 3 is 2.65 bits per heavy atom. The number of aromatic nitrogens is 3. The summed E-state index contributed by atoms with van der Waals surface area (Å²) in [4.78, 5) is 22.3. The molecule has 1 amide bonds. The van der Waals surface area contributed by atoms with E-state index >= 15 is 0 Å². The zero-order valence-electron chi connectivity index (χ0n) is 20.3. The Morgan fingerprint density at radius 2 is 1.94 bits per heavy atom. The lowest BCUT2D eigenvalue weighted by Crippen LogP contribution is -2.39. The Balaban J connectivity index is 1.49.